The highest BCUT2D eigenvalue weighted by Crippen LogP contribution is 2.33. The Bertz CT molecular complexity index is 537. The van der Waals surface area contributed by atoms with Gasteiger partial charge in [-0.05, 0) is 25.0 Å². The van der Waals surface area contributed by atoms with Crippen LogP contribution in [0.5, 0.6) is 0 Å². The smallest absolute Gasteiger partial charge is 0.315 e. The molecular formula is C16H21N3O2S. The van der Waals surface area contributed by atoms with Crippen LogP contribution in [0.4, 0.5) is 10.5 Å². The molecule has 2 aliphatic rings. The van der Waals surface area contributed by atoms with E-state index in [1.807, 2.05) is 42.1 Å². The predicted octanol–water partition coefficient (Wildman–Crippen LogP) is 2.35. The van der Waals surface area contributed by atoms with Crippen molar-refractivity contribution in [2.45, 2.75) is 43.0 Å². The van der Waals surface area contributed by atoms with E-state index >= 15 is 0 Å². The summed E-state index contributed by atoms with van der Waals surface area (Å²) >= 11 is 1.92. The van der Waals surface area contributed by atoms with Crippen LogP contribution >= 0.6 is 11.8 Å². The van der Waals surface area contributed by atoms with Gasteiger partial charge in [0.1, 0.15) is 0 Å². The lowest BCUT2D eigenvalue weighted by Crippen LogP contribution is -2.36. The quantitative estimate of drug-likeness (QED) is 0.557. The molecule has 0 spiro atoms. The number of thioether (sulfide) groups is 1. The van der Waals surface area contributed by atoms with Gasteiger partial charge in [0.25, 0.3) is 0 Å². The fourth-order valence-electron chi connectivity index (χ4n) is 3.02. The van der Waals surface area contributed by atoms with Crippen LogP contribution in [0.1, 0.15) is 25.7 Å². The van der Waals surface area contributed by atoms with Gasteiger partial charge in [0, 0.05) is 23.1 Å². The average Bonchev–Trinajstić information content (AvgIpc) is 3.04. The molecule has 118 valence electrons. The van der Waals surface area contributed by atoms with Gasteiger partial charge in [-0.15, -0.1) is 0 Å². The molecule has 2 saturated heterocycles. The standard InChI is InChI=1S/C16H21N3O2S/c20-14(17-11-6-2-1-3-7-11)9-5-4-8-13-15-12(10-22-13)18-16(21)19-15/h1-3,6-7,12-13,15H,4-5,8-10H2,(H,17,20)(H2,18,19,21)/t12-,13+,15+/m0/s1. The Morgan fingerprint density at radius 3 is 2.86 bits per heavy atom. The van der Waals surface area contributed by atoms with Crippen molar-refractivity contribution in [1.82, 2.24) is 10.6 Å². The summed E-state index contributed by atoms with van der Waals surface area (Å²) in [6.45, 7) is 0. The van der Waals surface area contributed by atoms with E-state index in [2.05, 4.69) is 16.0 Å². The van der Waals surface area contributed by atoms with Crippen LogP contribution in [0.2, 0.25) is 0 Å². The van der Waals surface area contributed by atoms with Gasteiger partial charge in [0.05, 0.1) is 12.1 Å². The first kappa shape index (κ1) is 15.2. The van der Waals surface area contributed by atoms with Gasteiger partial charge in [-0.3, -0.25) is 4.79 Å². The molecule has 3 atom stereocenters. The van der Waals surface area contributed by atoms with E-state index in [0.717, 1.165) is 30.7 Å². The second kappa shape index (κ2) is 7.05. The van der Waals surface area contributed by atoms with E-state index in [1.54, 1.807) is 0 Å². The number of urea groups is 1. The van der Waals surface area contributed by atoms with Crippen molar-refractivity contribution in [2.24, 2.45) is 0 Å². The first-order chi connectivity index (χ1) is 10.7. The van der Waals surface area contributed by atoms with Gasteiger partial charge in [-0.25, -0.2) is 4.79 Å². The maximum Gasteiger partial charge on any atom is 0.315 e. The van der Waals surface area contributed by atoms with E-state index < -0.39 is 0 Å². The molecule has 0 saturated carbocycles. The molecule has 1 aromatic carbocycles. The van der Waals surface area contributed by atoms with E-state index in [1.165, 1.54) is 0 Å². The van der Waals surface area contributed by atoms with Gasteiger partial charge in [-0.2, -0.15) is 11.8 Å². The largest absolute Gasteiger partial charge is 0.332 e. The van der Waals surface area contributed by atoms with Crippen molar-refractivity contribution < 1.29 is 9.59 Å². The summed E-state index contributed by atoms with van der Waals surface area (Å²) in [6.07, 6.45) is 3.49. The fourth-order valence-corrected chi connectivity index (χ4v) is 4.56. The van der Waals surface area contributed by atoms with Crippen molar-refractivity contribution in [3.05, 3.63) is 30.3 Å². The zero-order valence-electron chi connectivity index (χ0n) is 12.4. The van der Waals surface area contributed by atoms with Gasteiger partial charge < -0.3 is 16.0 Å². The number of anilines is 1. The SMILES string of the molecule is O=C(CCCC[C@H]1SC[C@@H]2NC(=O)N[C@H]21)Nc1ccccc1. The summed E-state index contributed by atoms with van der Waals surface area (Å²) in [5.41, 5.74) is 0.849. The first-order valence-electron chi connectivity index (χ1n) is 7.76. The second-order valence-electron chi connectivity index (χ2n) is 5.78. The predicted molar refractivity (Wildman–Crippen MR) is 89.0 cm³/mol. The molecule has 6 heteroatoms. The van der Waals surface area contributed by atoms with Crippen LogP contribution in [-0.2, 0) is 4.79 Å². The molecule has 2 aliphatic heterocycles. The Labute approximate surface area is 134 Å². The van der Waals surface area contributed by atoms with Gasteiger partial charge in [0.15, 0.2) is 0 Å². The summed E-state index contributed by atoms with van der Waals surface area (Å²) in [7, 11) is 0. The number of carbonyl (C=O) groups is 2. The number of carbonyl (C=O) groups excluding carboxylic acids is 2. The minimum atomic E-state index is -0.0393. The average molecular weight is 319 g/mol. The Balaban J connectivity index is 1.34. The molecule has 5 nitrogen and oxygen atoms in total. The molecule has 3 rings (SSSR count). The van der Waals surface area contributed by atoms with Crippen LogP contribution in [-0.4, -0.2) is 35.0 Å². The molecule has 3 amide bonds. The number of nitrogens with one attached hydrogen (secondary N) is 3. The zero-order chi connectivity index (χ0) is 15.4. The molecule has 0 unspecified atom stereocenters. The Morgan fingerprint density at radius 2 is 2.05 bits per heavy atom. The summed E-state index contributed by atoms with van der Waals surface area (Å²) in [6, 6.07) is 10.0. The molecule has 3 N–H and O–H groups in total. The van der Waals surface area contributed by atoms with Crippen molar-refractivity contribution in [2.75, 3.05) is 11.1 Å². The van der Waals surface area contributed by atoms with Crippen LogP contribution < -0.4 is 16.0 Å². The number of amides is 3. The molecule has 2 fully saturated rings. The minimum Gasteiger partial charge on any atom is -0.332 e. The summed E-state index contributed by atoms with van der Waals surface area (Å²) in [5, 5.41) is 9.32. The van der Waals surface area contributed by atoms with Crippen molar-refractivity contribution in [3.63, 3.8) is 0 Å². The lowest BCUT2D eigenvalue weighted by molar-refractivity contribution is -0.116. The number of para-hydroxylation sites is 1. The van der Waals surface area contributed by atoms with Gasteiger partial charge >= 0.3 is 6.03 Å². The molecule has 0 aromatic heterocycles. The Morgan fingerprint density at radius 1 is 1.23 bits per heavy atom. The highest BCUT2D eigenvalue weighted by Gasteiger charge is 2.42. The second-order valence-corrected chi connectivity index (χ2v) is 7.05. The Hall–Kier alpha value is -1.69. The van der Waals surface area contributed by atoms with Crippen molar-refractivity contribution in [3.8, 4) is 0 Å². The third-order valence-corrected chi connectivity index (χ3v) is 5.65. The van der Waals surface area contributed by atoms with Crippen molar-refractivity contribution in [1.29, 1.82) is 0 Å². The van der Waals surface area contributed by atoms with Crippen LogP contribution in [0, 0.1) is 0 Å². The number of rotatable bonds is 6. The van der Waals surface area contributed by atoms with E-state index in [9.17, 15) is 9.59 Å². The zero-order valence-corrected chi connectivity index (χ0v) is 13.2. The highest BCUT2D eigenvalue weighted by atomic mass is 32.2. The third kappa shape index (κ3) is 3.74. The monoisotopic (exact) mass is 319 g/mol. The van der Waals surface area contributed by atoms with Crippen LogP contribution in [0.25, 0.3) is 0 Å². The summed E-state index contributed by atoms with van der Waals surface area (Å²) < 4.78 is 0. The van der Waals surface area contributed by atoms with E-state index in [-0.39, 0.29) is 24.0 Å². The number of hydrogen-bond acceptors (Lipinski definition) is 3. The van der Waals surface area contributed by atoms with Crippen LogP contribution in [0.3, 0.4) is 0 Å². The van der Waals surface area contributed by atoms with E-state index in [0.29, 0.717) is 11.7 Å². The molecule has 0 aliphatic carbocycles. The molecule has 0 radical (unpaired) electrons. The third-order valence-electron chi connectivity index (χ3n) is 4.14. The number of benzene rings is 1. The van der Waals surface area contributed by atoms with Gasteiger partial charge in [-0.1, -0.05) is 24.6 Å². The lowest BCUT2D eigenvalue weighted by atomic mass is 10.0. The maximum atomic E-state index is 11.9. The molecule has 1 aromatic rings. The number of hydrogen-bond donors (Lipinski definition) is 3. The lowest BCUT2D eigenvalue weighted by Gasteiger charge is -2.16. The molecule has 22 heavy (non-hydrogen) atoms. The molecule has 2 heterocycles. The Kier molecular flexibility index (Phi) is 4.87. The topological polar surface area (TPSA) is 70.2 Å². The summed E-state index contributed by atoms with van der Waals surface area (Å²) in [4.78, 5) is 23.2. The molecule has 0 bridgehead atoms. The summed E-state index contributed by atoms with van der Waals surface area (Å²) in [5.74, 6) is 1.06. The van der Waals surface area contributed by atoms with Crippen LogP contribution in [0.15, 0.2) is 30.3 Å². The normalized spacial score (nSPS) is 26.2. The fraction of sp³-hybridized carbons (Fsp3) is 0.500. The number of unbranched alkanes of at least 4 members (excludes halogenated alkanes) is 1. The van der Waals surface area contributed by atoms with Gasteiger partial charge in [0.2, 0.25) is 5.91 Å². The molecular weight excluding hydrogens is 298 g/mol. The first-order valence-corrected chi connectivity index (χ1v) is 8.81. The highest BCUT2D eigenvalue weighted by molar-refractivity contribution is 8.00. The maximum absolute atomic E-state index is 11.9. The van der Waals surface area contributed by atoms with E-state index in [4.69, 9.17) is 0 Å². The van der Waals surface area contributed by atoms with Crippen molar-refractivity contribution >= 4 is 29.4 Å². The minimum absolute atomic E-state index is 0.0393. The number of fused-ring (bicyclic) bond motifs is 1.